The summed E-state index contributed by atoms with van der Waals surface area (Å²) in [5.41, 5.74) is 2.22. The maximum atomic E-state index is 11.9. The van der Waals surface area contributed by atoms with Crippen LogP contribution in [-0.2, 0) is 4.74 Å². The monoisotopic (exact) mass is 306 g/mol. The highest BCUT2D eigenvalue weighted by atomic mass is 35.5. The minimum atomic E-state index is -0.321. The summed E-state index contributed by atoms with van der Waals surface area (Å²) >= 11 is 6.50. The number of halogens is 1. The van der Waals surface area contributed by atoms with Gasteiger partial charge in [0.15, 0.2) is 0 Å². The normalized spacial score (nSPS) is 15.1. The van der Waals surface area contributed by atoms with Crippen LogP contribution in [0, 0.1) is 0 Å². The molecule has 1 aliphatic heterocycles. The van der Waals surface area contributed by atoms with Crippen LogP contribution in [0.15, 0.2) is 60.7 Å². The molecular weight excluding hydrogens is 296 g/mol. The number of carbonyl (C=O) groups excluding carboxylic acids is 1. The van der Waals surface area contributed by atoms with Gasteiger partial charge in [-0.2, -0.15) is 0 Å². The summed E-state index contributed by atoms with van der Waals surface area (Å²) in [7, 11) is 0. The highest BCUT2D eigenvalue weighted by molar-refractivity contribution is 6.37. The van der Waals surface area contributed by atoms with Gasteiger partial charge in [-0.05, 0) is 23.1 Å². The second-order valence-corrected chi connectivity index (χ2v) is 5.51. The molecule has 3 heteroatoms. The summed E-state index contributed by atoms with van der Waals surface area (Å²) in [4.78, 5) is 11.9. The van der Waals surface area contributed by atoms with Crippen LogP contribution < -0.4 is 0 Å². The Morgan fingerprint density at radius 3 is 2.45 bits per heavy atom. The van der Waals surface area contributed by atoms with E-state index in [0.29, 0.717) is 16.3 Å². The van der Waals surface area contributed by atoms with E-state index in [4.69, 9.17) is 16.3 Å². The Morgan fingerprint density at radius 2 is 1.59 bits per heavy atom. The van der Waals surface area contributed by atoms with E-state index in [0.717, 1.165) is 21.9 Å². The Kier molecular flexibility index (Phi) is 2.98. The molecule has 3 aromatic rings. The maximum absolute atomic E-state index is 11.9. The summed E-state index contributed by atoms with van der Waals surface area (Å²) in [6, 6.07) is 19.2. The van der Waals surface area contributed by atoms with Crippen LogP contribution in [0.3, 0.4) is 0 Å². The molecule has 0 bridgehead atoms. The number of hydrogen-bond donors (Lipinski definition) is 0. The van der Waals surface area contributed by atoms with Crippen molar-refractivity contribution < 1.29 is 9.53 Å². The van der Waals surface area contributed by atoms with Crippen molar-refractivity contribution in [1.82, 2.24) is 0 Å². The SMILES string of the molecule is O=C1OC(=Cc2ccc3ccccc3c2Cl)c2ccccc21. The van der Waals surface area contributed by atoms with Gasteiger partial charge in [-0.25, -0.2) is 4.79 Å². The number of hydrogen-bond acceptors (Lipinski definition) is 2. The lowest BCUT2D eigenvalue weighted by Crippen LogP contribution is -1.92. The van der Waals surface area contributed by atoms with Gasteiger partial charge in [0.25, 0.3) is 0 Å². The van der Waals surface area contributed by atoms with Crippen LogP contribution in [0.4, 0.5) is 0 Å². The molecule has 2 nitrogen and oxygen atoms in total. The largest absolute Gasteiger partial charge is 0.422 e. The fourth-order valence-corrected chi connectivity index (χ4v) is 2.99. The van der Waals surface area contributed by atoms with Crippen LogP contribution in [-0.4, -0.2) is 5.97 Å². The first-order valence-electron chi connectivity index (χ1n) is 6.94. The number of rotatable bonds is 1. The third-order valence-electron chi connectivity index (χ3n) is 3.79. The smallest absolute Gasteiger partial charge is 0.344 e. The Bertz CT molecular complexity index is 941. The van der Waals surface area contributed by atoms with Crippen LogP contribution in [0.5, 0.6) is 0 Å². The lowest BCUT2D eigenvalue weighted by Gasteiger charge is -2.05. The molecule has 0 aliphatic carbocycles. The molecule has 0 fully saturated rings. The number of cyclic esters (lactones) is 1. The summed E-state index contributed by atoms with van der Waals surface area (Å²) in [6.07, 6.45) is 1.82. The first kappa shape index (κ1) is 13.1. The van der Waals surface area contributed by atoms with Gasteiger partial charge in [0, 0.05) is 10.9 Å². The van der Waals surface area contributed by atoms with Crippen molar-refractivity contribution in [1.29, 1.82) is 0 Å². The Hall–Kier alpha value is -2.58. The first-order chi connectivity index (χ1) is 10.7. The molecule has 0 unspecified atom stereocenters. The fraction of sp³-hybridized carbons (Fsp3) is 0. The summed E-state index contributed by atoms with van der Waals surface area (Å²) < 4.78 is 5.37. The summed E-state index contributed by atoms with van der Waals surface area (Å²) in [6.45, 7) is 0. The van der Waals surface area contributed by atoms with Crippen LogP contribution in [0.2, 0.25) is 5.02 Å². The minimum absolute atomic E-state index is 0.321. The predicted molar refractivity (Wildman–Crippen MR) is 88.7 cm³/mol. The van der Waals surface area contributed by atoms with Crippen molar-refractivity contribution in [2.45, 2.75) is 0 Å². The average Bonchev–Trinajstić information content (AvgIpc) is 2.87. The summed E-state index contributed by atoms with van der Waals surface area (Å²) in [5.74, 6) is 0.219. The Balaban J connectivity index is 1.88. The molecule has 0 N–H and O–H groups in total. The van der Waals surface area contributed by atoms with Gasteiger partial charge in [0.05, 0.1) is 10.6 Å². The molecule has 0 atom stereocenters. The quantitative estimate of drug-likeness (QED) is 0.580. The molecule has 0 radical (unpaired) electrons. The van der Waals surface area contributed by atoms with Crippen LogP contribution >= 0.6 is 11.6 Å². The van der Waals surface area contributed by atoms with Crippen molar-refractivity contribution in [2.24, 2.45) is 0 Å². The van der Waals surface area contributed by atoms with E-state index in [1.165, 1.54) is 0 Å². The highest BCUT2D eigenvalue weighted by Crippen LogP contribution is 2.34. The van der Waals surface area contributed by atoms with E-state index < -0.39 is 0 Å². The third-order valence-corrected chi connectivity index (χ3v) is 4.22. The van der Waals surface area contributed by atoms with Crippen molar-refractivity contribution in [3.63, 3.8) is 0 Å². The molecule has 0 saturated carbocycles. The zero-order chi connectivity index (χ0) is 15.1. The molecular formula is C19H11ClO2. The van der Waals surface area contributed by atoms with E-state index in [9.17, 15) is 4.79 Å². The zero-order valence-corrected chi connectivity index (χ0v) is 12.3. The van der Waals surface area contributed by atoms with E-state index in [2.05, 4.69) is 0 Å². The molecule has 0 spiro atoms. The number of benzene rings is 3. The number of carbonyl (C=O) groups is 1. The lowest BCUT2D eigenvalue weighted by atomic mass is 10.0. The molecule has 22 heavy (non-hydrogen) atoms. The van der Waals surface area contributed by atoms with Gasteiger partial charge in [0.2, 0.25) is 0 Å². The zero-order valence-electron chi connectivity index (χ0n) is 11.5. The molecule has 4 rings (SSSR count). The fourth-order valence-electron chi connectivity index (χ4n) is 2.70. The van der Waals surface area contributed by atoms with E-state index in [1.807, 2.05) is 60.7 Å². The minimum Gasteiger partial charge on any atom is -0.422 e. The first-order valence-corrected chi connectivity index (χ1v) is 7.32. The second kappa shape index (κ2) is 5.00. The molecule has 0 saturated heterocycles. The second-order valence-electron chi connectivity index (χ2n) is 5.13. The van der Waals surface area contributed by atoms with Crippen molar-refractivity contribution in [3.8, 4) is 0 Å². The van der Waals surface area contributed by atoms with Gasteiger partial charge in [-0.1, -0.05) is 66.2 Å². The molecule has 1 heterocycles. The van der Waals surface area contributed by atoms with Crippen molar-refractivity contribution >= 4 is 40.2 Å². The predicted octanol–water partition coefficient (Wildman–Crippen LogP) is 5.16. The van der Waals surface area contributed by atoms with Crippen LogP contribution in [0.1, 0.15) is 21.5 Å². The van der Waals surface area contributed by atoms with Gasteiger partial charge < -0.3 is 4.74 Å². The summed E-state index contributed by atoms with van der Waals surface area (Å²) in [5, 5.41) is 2.72. The highest BCUT2D eigenvalue weighted by Gasteiger charge is 2.25. The van der Waals surface area contributed by atoms with Crippen molar-refractivity contribution in [3.05, 3.63) is 82.4 Å². The molecule has 0 amide bonds. The lowest BCUT2D eigenvalue weighted by molar-refractivity contribution is 0.0717. The Labute approximate surface area is 132 Å². The van der Waals surface area contributed by atoms with Gasteiger partial charge >= 0.3 is 5.97 Å². The molecule has 106 valence electrons. The van der Waals surface area contributed by atoms with E-state index in [-0.39, 0.29) is 5.97 Å². The molecule has 0 aromatic heterocycles. The number of ether oxygens (including phenoxy) is 1. The average molecular weight is 307 g/mol. The standard InChI is InChI=1S/C19H11ClO2/c20-18-13(10-9-12-5-1-2-6-14(12)18)11-17-15-7-3-4-8-16(15)19(21)22-17/h1-11H. The maximum Gasteiger partial charge on any atom is 0.344 e. The topological polar surface area (TPSA) is 26.3 Å². The third kappa shape index (κ3) is 2.00. The van der Waals surface area contributed by atoms with E-state index in [1.54, 1.807) is 6.07 Å². The van der Waals surface area contributed by atoms with Gasteiger partial charge in [0.1, 0.15) is 5.76 Å². The molecule has 3 aromatic carbocycles. The van der Waals surface area contributed by atoms with Gasteiger partial charge in [-0.3, -0.25) is 0 Å². The van der Waals surface area contributed by atoms with E-state index >= 15 is 0 Å². The molecule has 1 aliphatic rings. The number of esters is 1. The van der Waals surface area contributed by atoms with Crippen LogP contribution in [0.25, 0.3) is 22.6 Å². The Morgan fingerprint density at radius 1 is 0.864 bits per heavy atom. The van der Waals surface area contributed by atoms with Crippen molar-refractivity contribution in [2.75, 3.05) is 0 Å². The van der Waals surface area contributed by atoms with Gasteiger partial charge in [-0.15, -0.1) is 0 Å². The number of fused-ring (bicyclic) bond motifs is 2.